The molecule has 1 fully saturated rings. The molecule has 2 aromatic rings. The molecular formula is C19H20ClF3N4O4. The van der Waals surface area contributed by atoms with Crippen LogP contribution in [0.4, 0.5) is 18.0 Å². The van der Waals surface area contributed by atoms with Gasteiger partial charge in [-0.05, 0) is 6.07 Å². The topological polar surface area (TPSA) is 87.9 Å². The van der Waals surface area contributed by atoms with Crippen LogP contribution in [0.5, 0.6) is 0 Å². The van der Waals surface area contributed by atoms with Crippen LogP contribution in [0, 0.1) is 0 Å². The second kappa shape index (κ2) is 9.56. The van der Waals surface area contributed by atoms with E-state index >= 15 is 0 Å². The van der Waals surface area contributed by atoms with Crippen LogP contribution in [-0.4, -0.2) is 71.8 Å². The number of nitrogens with one attached hydrogen (secondary N) is 1. The van der Waals surface area contributed by atoms with Gasteiger partial charge in [-0.25, -0.2) is 4.79 Å². The molecule has 3 heterocycles. The molecule has 3 rings (SSSR count). The van der Waals surface area contributed by atoms with Crippen molar-refractivity contribution >= 4 is 34.6 Å². The fourth-order valence-corrected chi connectivity index (χ4v) is 3.43. The summed E-state index contributed by atoms with van der Waals surface area (Å²) in [5.74, 6) is -0.378. The molecule has 1 aliphatic rings. The standard InChI is InChI=1S/C19H20ClF3N4O4/c1-2-5-30-18(29)27-4-3-26(10-15(27)17(28)25-11-19(21,22)23)9-13-6-12-7-24-8-14(20)16(12)31-13/h2,6-8,15H,1,3-5,9-11H2,(H,25,28)/t15-/m0/s1. The van der Waals surface area contributed by atoms with Gasteiger partial charge in [-0.3, -0.25) is 19.6 Å². The Bertz CT molecular complexity index is 965. The van der Waals surface area contributed by atoms with Crippen LogP contribution in [0.3, 0.4) is 0 Å². The van der Waals surface area contributed by atoms with Crippen molar-refractivity contribution in [2.75, 3.05) is 32.8 Å². The van der Waals surface area contributed by atoms with Gasteiger partial charge in [0, 0.05) is 37.4 Å². The van der Waals surface area contributed by atoms with E-state index in [1.807, 2.05) is 5.32 Å². The molecule has 8 nitrogen and oxygen atoms in total. The number of ether oxygens (including phenoxy) is 1. The van der Waals surface area contributed by atoms with E-state index in [0.29, 0.717) is 28.3 Å². The Kier molecular flexibility index (Phi) is 7.06. The summed E-state index contributed by atoms with van der Waals surface area (Å²) >= 11 is 6.07. The van der Waals surface area contributed by atoms with Crippen LogP contribution in [0.2, 0.25) is 5.02 Å². The van der Waals surface area contributed by atoms with Crippen LogP contribution in [0.15, 0.2) is 35.5 Å². The predicted octanol–water partition coefficient (Wildman–Crippen LogP) is 2.97. The highest BCUT2D eigenvalue weighted by atomic mass is 35.5. The number of hydrogen-bond donors (Lipinski definition) is 1. The summed E-state index contributed by atoms with van der Waals surface area (Å²) in [6, 6.07) is 0.584. The first-order chi connectivity index (χ1) is 14.7. The van der Waals surface area contributed by atoms with Crippen molar-refractivity contribution in [2.45, 2.75) is 18.8 Å². The van der Waals surface area contributed by atoms with E-state index in [0.717, 1.165) is 4.90 Å². The third kappa shape index (κ3) is 5.88. The number of carbonyl (C=O) groups is 2. The van der Waals surface area contributed by atoms with Gasteiger partial charge in [0.05, 0.1) is 6.54 Å². The Morgan fingerprint density at radius 1 is 1.39 bits per heavy atom. The lowest BCUT2D eigenvalue weighted by Crippen LogP contribution is -2.61. The van der Waals surface area contributed by atoms with Crippen LogP contribution in [-0.2, 0) is 16.1 Å². The zero-order valence-corrected chi connectivity index (χ0v) is 17.1. The molecule has 1 atom stereocenters. The number of carbonyl (C=O) groups excluding carboxylic acids is 2. The van der Waals surface area contributed by atoms with Crippen molar-refractivity contribution in [3.05, 3.63) is 41.9 Å². The summed E-state index contributed by atoms with van der Waals surface area (Å²) in [6.07, 6.45) is -0.969. The van der Waals surface area contributed by atoms with Gasteiger partial charge in [-0.2, -0.15) is 13.2 Å². The molecule has 2 amide bonds. The number of halogens is 4. The Labute approximate surface area is 180 Å². The summed E-state index contributed by atoms with van der Waals surface area (Å²) in [5, 5.41) is 2.89. The van der Waals surface area contributed by atoms with Crippen molar-refractivity contribution in [2.24, 2.45) is 0 Å². The fourth-order valence-electron chi connectivity index (χ4n) is 3.23. The van der Waals surface area contributed by atoms with E-state index in [4.69, 9.17) is 20.8 Å². The van der Waals surface area contributed by atoms with E-state index in [2.05, 4.69) is 11.6 Å². The smallest absolute Gasteiger partial charge is 0.410 e. The summed E-state index contributed by atoms with van der Waals surface area (Å²) in [7, 11) is 0. The molecule has 1 aliphatic heterocycles. The van der Waals surface area contributed by atoms with Crippen molar-refractivity contribution < 1.29 is 31.9 Å². The van der Waals surface area contributed by atoms with Crippen molar-refractivity contribution in [1.29, 1.82) is 0 Å². The lowest BCUT2D eigenvalue weighted by molar-refractivity contribution is -0.142. The number of piperazine rings is 1. The molecular weight excluding hydrogens is 441 g/mol. The molecule has 0 radical (unpaired) electrons. The predicted molar refractivity (Wildman–Crippen MR) is 105 cm³/mol. The maximum atomic E-state index is 12.5. The number of nitrogens with zero attached hydrogens (tertiary/aromatic N) is 3. The van der Waals surface area contributed by atoms with E-state index < -0.39 is 30.8 Å². The average Bonchev–Trinajstić information content (AvgIpc) is 3.13. The normalized spacial score (nSPS) is 17.5. The van der Waals surface area contributed by atoms with E-state index in [9.17, 15) is 22.8 Å². The van der Waals surface area contributed by atoms with Gasteiger partial charge in [-0.1, -0.05) is 24.3 Å². The number of aromatic nitrogens is 1. The van der Waals surface area contributed by atoms with Gasteiger partial charge in [0.2, 0.25) is 5.91 Å². The monoisotopic (exact) mass is 460 g/mol. The fraction of sp³-hybridized carbons (Fsp3) is 0.421. The Morgan fingerprint density at radius 3 is 2.84 bits per heavy atom. The number of amides is 2. The summed E-state index contributed by atoms with van der Waals surface area (Å²) in [6.45, 7) is 2.57. The minimum absolute atomic E-state index is 0.00406. The van der Waals surface area contributed by atoms with E-state index in [1.165, 1.54) is 12.3 Å². The lowest BCUT2D eigenvalue weighted by Gasteiger charge is -2.39. The van der Waals surface area contributed by atoms with Crippen molar-refractivity contribution in [3.8, 4) is 0 Å². The molecule has 31 heavy (non-hydrogen) atoms. The zero-order valence-electron chi connectivity index (χ0n) is 16.3. The first kappa shape index (κ1) is 22.9. The van der Waals surface area contributed by atoms with Gasteiger partial charge < -0.3 is 14.5 Å². The second-order valence-electron chi connectivity index (χ2n) is 6.90. The highest BCUT2D eigenvalue weighted by Crippen LogP contribution is 2.26. The number of hydrogen-bond acceptors (Lipinski definition) is 6. The number of pyridine rings is 1. The van der Waals surface area contributed by atoms with Gasteiger partial charge in [0.1, 0.15) is 30.0 Å². The van der Waals surface area contributed by atoms with Crippen LogP contribution in [0.25, 0.3) is 11.0 Å². The van der Waals surface area contributed by atoms with Crippen molar-refractivity contribution in [3.63, 3.8) is 0 Å². The highest BCUT2D eigenvalue weighted by molar-refractivity contribution is 6.34. The zero-order chi connectivity index (χ0) is 22.6. The molecule has 1 N–H and O–H groups in total. The minimum atomic E-state index is -4.57. The minimum Gasteiger partial charge on any atom is -0.458 e. The van der Waals surface area contributed by atoms with E-state index in [-0.39, 0.29) is 26.2 Å². The first-order valence-corrected chi connectivity index (χ1v) is 9.69. The van der Waals surface area contributed by atoms with Gasteiger partial charge in [0.25, 0.3) is 0 Å². The van der Waals surface area contributed by atoms with Crippen LogP contribution >= 0.6 is 11.6 Å². The number of alkyl halides is 3. The largest absolute Gasteiger partial charge is 0.458 e. The number of fused-ring (bicyclic) bond motifs is 1. The lowest BCUT2D eigenvalue weighted by atomic mass is 10.1. The third-order valence-corrected chi connectivity index (χ3v) is 4.87. The number of rotatable bonds is 6. The number of furan rings is 1. The summed E-state index contributed by atoms with van der Waals surface area (Å²) in [5.41, 5.74) is 0.470. The van der Waals surface area contributed by atoms with Gasteiger partial charge in [-0.15, -0.1) is 0 Å². The molecule has 0 unspecified atom stereocenters. The molecule has 0 aliphatic carbocycles. The molecule has 0 bridgehead atoms. The first-order valence-electron chi connectivity index (χ1n) is 9.31. The Balaban J connectivity index is 1.73. The Morgan fingerprint density at radius 2 is 2.16 bits per heavy atom. The van der Waals surface area contributed by atoms with Crippen molar-refractivity contribution in [1.82, 2.24) is 20.1 Å². The summed E-state index contributed by atoms with van der Waals surface area (Å²) < 4.78 is 48.3. The second-order valence-corrected chi connectivity index (χ2v) is 7.30. The molecule has 0 saturated carbocycles. The van der Waals surface area contributed by atoms with Crippen LogP contribution < -0.4 is 5.32 Å². The average molecular weight is 461 g/mol. The quantitative estimate of drug-likeness (QED) is 0.667. The SMILES string of the molecule is C=CCOC(=O)N1CCN(Cc2cc3cncc(Cl)c3o2)C[C@H]1C(=O)NCC(F)(F)F. The molecule has 0 aromatic carbocycles. The third-order valence-electron chi connectivity index (χ3n) is 4.60. The molecule has 0 spiro atoms. The summed E-state index contributed by atoms with van der Waals surface area (Å²) in [4.78, 5) is 31.7. The maximum Gasteiger partial charge on any atom is 0.410 e. The molecule has 168 valence electrons. The molecule has 1 saturated heterocycles. The molecule has 12 heteroatoms. The van der Waals surface area contributed by atoms with E-state index in [1.54, 1.807) is 17.2 Å². The maximum absolute atomic E-state index is 12.5. The Hall–Kier alpha value is -2.79. The van der Waals surface area contributed by atoms with Crippen LogP contribution in [0.1, 0.15) is 5.76 Å². The van der Waals surface area contributed by atoms with Gasteiger partial charge in [0.15, 0.2) is 5.58 Å². The highest BCUT2D eigenvalue weighted by Gasteiger charge is 2.38. The molecule has 2 aromatic heterocycles. The van der Waals surface area contributed by atoms with Gasteiger partial charge >= 0.3 is 12.3 Å².